The van der Waals surface area contributed by atoms with E-state index in [0.29, 0.717) is 0 Å². The molecule has 0 aliphatic rings. The summed E-state index contributed by atoms with van der Waals surface area (Å²) in [6.07, 6.45) is -3.13. The first-order valence-electron chi connectivity index (χ1n) is 4.19. The van der Waals surface area contributed by atoms with Gasteiger partial charge in [-0.1, -0.05) is 0 Å². The average Bonchev–Trinajstić information content (AvgIpc) is 2.63. The highest BCUT2D eigenvalue weighted by Gasteiger charge is 2.29. The highest BCUT2D eigenvalue weighted by Crippen LogP contribution is 2.24. The smallest absolute Gasteiger partial charge is 0.346 e. The van der Waals surface area contributed by atoms with E-state index in [-0.39, 0.29) is 0 Å². The lowest BCUT2D eigenvalue weighted by Crippen LogP contribution is -2.22. The van der Waals surface area contributed by atoms with Gasteiger partial charge in [-0.15, -0.1) is 0 Å². The molecule has 2 unspecified atom stereocenters. The van der Waals surface area contributed by atoms with Crippen LogP contribution >= 0.6 is 0 Å². The Hall–Kier alpha value is -2.00. The Morgan fingerprint density at radius 1 is 1.62 bits per heavy atom. The van der Waals surface area contributed by atoms with Crippen LogP contribution in [0.2, 0.25) is 0 Å². The van der Waals surface area contributed by atoms with E-state index >= 15 is 0 Å². The van der Waals surface area contributed by atoms with E-state index in [1.165, 1.54) is 0 Å². The Morgan fingerprint density at radius 2 is 2.25 bits per heavy atom. The van der Waals surface area contributed by atoms with Crippen LogP contribution in [0, 0.1) is 10.1 Å². The van der Waals surface area contributed by atoms with Gasteiger partial charge >= 0.3 is 11.8 Å². The summed E-state index contributed by atoms with van der Waals surface area (Å²) in [6, 6.07) is 0. The summed E-state index contributed by atoms with van der Waals surface area (Å²) in [5, 5.41) is 37.5. The molecule has 0 aliphatic carbocycles. The largest absolute Gasteiger partial charge is 0.481 e. The molecule has 1 rings (SSSR count). The van der Waals surface area contributed by atoms with Crippen molar-refractivity contribution in [3.63, 3.8) is 0 Å². The molecule has 1 aromatic heterocycles. The van der Waals surface area contributed by atoms with Crippen LogP contribution in [0.1, 0.15) is 18.2 Å². The lowest BCUT2D eigenvalue weighted by molar-refractivity contribution is -0.390. The number of aliphatic carboxylic acids is 1. The summed E-state index contributed by atoms with van der Waals surface area (Å²) in [5.41, 5.74) is -0.390. The lowest BCUT2D eigenvalue weighted by atomic mass is 10.1. The quantitative estimate of drug-likeness (QED) is 0.382. The first kappa shape index (κ1) is 12.1. The molecular formula is C7H9N3O6. The van der Waals surface area contributed by atoms with Gasteiger partial charge in [0.2, 0.25) is 0 Å². The molecular weight excluding hydrogens is 222 g/mol. The van der Waals surface area contributed by atoms with E-state index < -0.39 is 41.0 Å². The van der Waals surface area contributed by atoms with Gasteiger partial charge < -0.3 is 25.4 Å². The van der Waals surface area contributed by atoms with Crippen LogP contribution in [0.25, 0.3) is 0 Å². The van der Waals surface area contributed by atoms with E-state index in [1.807, 2.05) is 0 Å². The summed E-state index contributed by atoms with van der Waals surface area (Å²) in [4.78, 5) is 25.5. The third-order valence-electron chi connectivity index (χ3n) is 1.86. The molecule has 16 heavy (non-hydrogen) atoms. The van der Waals surface area contributed by atoms with Crippen LogP contribution in [0.5, 0.6) is 0 Å². The first-order chi connectivity index (χ1) is 7.43. The minimum Gasteiger partial charge on any atom is -0.481 e. The maximum atomic E-state index is 10.5. The van der Waals surface area contributed by atoms with Crippen LogP contribution in [0.15, 0.2) is 6.33 Å². The highest BCUT2D eigenvalue weighted by molar-refractivity contribution is 5.67. The summed E-state index contributed by atoms with van der Waals surface area (Å²) in [7, 11) is 0. The fraction of sp³-hybridized carbons (Fsp3) is 0.429. The Bertz CT molecular complexity index is 403. The van der Waals surface area contributed by atoms with Crippen molar-refractivity contribution in [3.05, 3.63) is 22.1 Å². The molecule has 0 saturated heterocycles. The molecule has 0 amide bonds. The molecule has 0 spiro atoms. The summed E-state index contributed by atoms with van der Waals surface area (Å²) in [5.74, 6) is -1.90. The van der Waals surface area contributed by atoms with Gasteiger partial charge in [0, 0.05) is 0 Å². The fourth-order valence-electron chi connectivity index (χ4n) is 1.13. The van der Waals surface area contributed by atoms with Crippen molar-refractivity contribution in [3.8, 4) is 0 Å². The van der Waals surface area contributed by atoms with Crippen molar-refractivity contribution in [1.29, 1.82) is 0 Å². The van der Waals surface area contributed by atoms with E-state index in [1.54, 1.807) is 0 Å². The maximum Gasteiger partial charge on any atom is 0.346 e. The molecule has 88 valence electrons. The van der Waals surface area contributed by atoms with Crippen molar-refractivity contribution in [1.82, 2.24) is 9.97 Å². The number of hydrogen-bond acceptors (Lipinski definition) is 6. The number of imidazole rings is 1. The molecule has 9 nitrogen and oxygen atoms in total. The molecule has 0 radical (unpaired) electrons. The van der Waals surface area contributed by atoms with Crippen molar-refractivity contribution in [2.45, 2.75) is 18.6 Å². The predicted molar refractivity (Wildman–Crippen MR) is 48.5 cm³/mol. The first-order valence-corrected chi connectivity index (χ1v) is 4.19. The number of aliphatic hydroxyl groups is 2. The van der Waals surface area contributed by atoms with Crippen LogP contribution in [-0.2, 0) is 4.79 Å². The van der Waals surface area contributed by atoms with E-state index in [2.05, 4.69) is 9.97 Å². The molecule has 9 heteroatoms. The number of H-pyrrole nitrogens is 1. The Labute approximate surface area is 88.5 Å². The van der Waals surface area contributed by atoms with Gasteiger partial charge in [0.25, 0.3) is 0 Å². The van der Waals surface area contributed by atoms with Crippen molar-refractivity contribution < 1.29 is 25.0 Å². The second-order valence-electron chi connectivity index (χ2n) is 3.00. The predicted octanol–water partition coefficient (Wildman–Crippen LogP) is -0.813. The molecule has 0 aliphatic heterocycles. The number of nitrogens with zero attached hydrogens (tertiary/aromatic N) is 2. The number of carbonyl (C=O) groups is 1. The monoisotopic (exact) mass is 231 g/mol. The number of nitrogens with one attached hydrogen (secondary N) is 1. The normalized spacial score (nSPS) is 14.4. The number of hydrogen-bond donors (Lipinski definition) is 4. The number of nitro groups is 1. The van der Waals surface area contributed by atoms with Gasteiger partial charge in [-0.05, 0) is 4.92 Å². The standard InChI is InChI=1S/C7H9N3O6/c11-3(1-4(12)13)6(14)5-7(10(15)16)9-2-8-5/h2-3,6,11,14H,1H2,(H,8,9)(H,12,13). The molecule has 1 heterocycles. The van der Waals surface area contributed by atoms with E-state index in [9.17, 15) is 25.1 Å². The van der Waals surface area contributed by atoms with Gasteiger partial charge in [-0.3, -0.25) is 4.79 Å². The van der Waals surface area contributed by atoms with Gasteiger partial charge in [0.05, 0.1) is 12.5 Å². The van der Waals surface area contributed by atoms with Gasteiger partial charge in [-0.25, -0.2) is 9.97 Å². The molecule has 2 atom stereocenters. The van der Waals surface area contributed by atoms with Crippen LogP contribution in [-0.4, -0.2) is 42.3 Å². The number of carboxylic acid groups (broad SMARTS) is 1. The Morgan fingerprint density at radius 3 is 2.75 bits per heavy atom. The van der Waals surface area contributed by atoms with Crippen molar-refractivity contribution in [2.24, 2.45) is 0 Å². The molecule has 0 bridgehead atoms. The Kier molecular flexibility index (Phi) is 3.53. The van der Waals surface area contributed by atoms with Gasteiger partial charge in [0.1, 0.15) is 6.10 Å². The highest BCUT2D eigenvalue weighted by atomic mass is 16.6. The fourth-order valence-corrected chi connectivity index (χ4v) is 1.13. The SMILES string of the molecule is O=C(O)CC(O)C(O)c1nc[nH]c1[N+](=O)[O-]. The molecule has 0 saturated carbocycles. The minimum absolute atomic E-state index is 0.390. The number of aromatic amines is 1. The molecule has 1 aromatic rings. The third-order valence-corrected chi connectivity index (χ3v) is 1.86. The van der Waals surface area contributed by atoms with Gasteiger partial charge in [0.15, 0.2) is 12.0 Å². The second-order valence-corrected chi connectivity index (χ2v) is 3.00. The number of aromatic nitrogens is 2. The number of aliphatic hydroxyl groups excluding tert-OH is 2. The Balaban J connectivity index is 2.87. The van der Waals surface area contributed by atoms with Crippen LogP contribution in [0.4, 0.5) is 5.82 Å². The molecule has 0 aromatic carbocycles. The number of rotatable bonds is 5. The molecule has 4 N–H and O–H groups in total. The van der Waals surface area contributed by atoms with Crippen LogP contribution in [0.3, 0.4) is 0 Å². The number of carboxylic acids is 1. The third kappa shape index (κ3) is 2.52. The summed E-state index contributed by atoms with van der Waals surface area (Å²) < 4.78 is 0. The zero-order valence-corrected chi connectivity index (χ0v) is 7.90. The zero-order valence-electron chi connectivity index (χ0n) is 7.90. The lowest BCUT2D eigenvalue weighted by Gasteiger charge is -2.13. The minimum atomic E-state index is -1.72. The summed E-state index contributed by atoms with van der Waals surface area (Å²) >= 11 is 0. The van der Waals surface area contributed by atoms with E-state index in [0.717, 1.165) is 6.33 Å². The van der Waals surface area contributed by atoms with Crippen molar-refractivity contribution in [2.75, 3.05) is 0 Å². The summed E-state index contributed by atoms with van der Waals surface area (Å²) in [6.45, 7) is 0. The second kappa shape index (κ2) is 4.68. The average molecular weight is 231 g/mol. The van der Waals surface area contributed by atoms with E-state index in [4.69, 9.17) is 5.11 Å². The zero-order chi connectivity index (χ0) is 12.3. The van der Waals surface area contributed by atoms with Gasteiger partial charge in [-0.2, -0.15) is 0 Å². The molecule has 0 fully saturated rings. The topological polar surface area (TPSA) is 150 Å². The maximum absolute atomic E-state index is 10.5. The van der Waals surface area contributed by atoms with Crippen molar-refractivity contribution >= 4 is 11.8 Å². The van der Waals surface area contributed by atoms with Crippen LogP contribution < -0.4 is 0 Å².